The summed E-state index contributed by atoms with van der Waals surface area (Å²) in [5, 5.41) is -0.0623. The lowest BCUT2D eigenvalue weighted by Gasteiger charge is -2.34. The van der Waals surface area contributed by atoms with Gasteiger partial charge in [0, 0.05) is 15.9 Å². The van der Waals surface area contributed by atoms with E-state index in [4.69, 9.17) is 0 Å². The summed E-state index contributed by atoms with van der Waals surface area (Å²) in [6.45, 7) is 10.2. The summed E-state index contributed by atoms with van der Waals surface area (Å²) in [5.74, 6) is 0. The molecule has 0 radical (unpaired) electrons. The number of hydrogen-bond donors (Lipinski definition) is 1. The van der Waals surface area contributed by atoms with Gasteiger partial charge in [0.1, 0.15) is 0 Å². The van der Waals surface area contributed by atoms with Gasteiger partial charge in [-0.2, -0.15) is 0 Å². The zero-order chi connectivity index (χ0) is 12.6. The largest absolute Gasteiger partial charge is 0.432 e. The zero-order valence-electron chi connectivity index (χ0n) is 10.6. The number of pyridine rings is 1. The molecule has 0 fully saturated rings. The first kappa shape index (κ1) is 13.9. The lowest BCUT2D eigenvalue weighted by atomic mass is 10.1. The molecular formula is C12H20BrNOSi. The van der Waals surface area contributed by atoms with E-state index in [1.165, 1.54) is 0 Å². The molecule has 1 heterocycles. The topological polar surface area (TPSA) is 33.1 Å². The van der Waals surface area contributed by atoms with Gasteiger partial charge in [-0.1, -0.05) is 29.8 Å². The van der Waals surface area contributed by atoms with E-state index < -0.39 is 8.32 Å². The lowest BCUT2D eigenvalue weighted by Crippen LogP contribution is -2.40. The molecule has 4 heteroatoms. The number of halogens is 1. The van der Waals surface area contributed by atoms with E-state index in [0.717, 1.165) is 22.3 Å². The number of aryl methyl sites for hydroxylation is 1. The van der Waals surface area contributed by atoms with Crippen LogP contribution in [0, 0.1) is 6.92 Å². The summed E-state index contributed by atoms with van der Waals surface area (Å²) in [6, 6.07) is 4.03. The van der Waals surface area contributed by atoms with Crippen molar-refractivity contribution in [2.24, 2.45) is 0 Å². The van der Waals surface area contributed by atoms with Gasteiger partial charge in [0.2, 0.25) is 0 Å². The maximum Gasteiger partial charge on any atom is 0.188 e. The Bertz CT molecular complexity index is 365. The standard InChI is InChI=1S/C12H20BrNOSi/c1-9-6-10(13)7-11(14-9)8-12(2,3)16(4,5)15/h6-7,15H,8H2,1-5H3. The summed E-state index contributed by atoms with van der Waals surface area (Å²) >= 11 is 3.48. The van der Waals surface area contributed by atoms with Crippen LogP contribution in [0.15, 0.2) is 16.6 Å². The lowest BCUT2D eigenvalue weighted by molar-refractivity contribution is 0.465. The van der Waals surface area contributed by atoms with Crippen molar-refractivity contribution in [3.8, 4) is 0 Å². The maximum absolute atomic E-state index is 10.2. The molecule has 90 valence electrons. The van der Waals surface area contributed by atoms with E-state index in [9.17, 15) is 4.80 Å². The van der Waals surface area contributed by atoms with Crippen molar-refractivity contribution in [2.75, 3.05) is 0 Å². The number of hydrogen-bond acceptors (Lipinski definition) is 2. The Morgan fingerprint density at radius 3 is 2.38 bits per heavy atom. The average molecular weight is 302 g/mol. The van der Waals surface area contributed by atoms with Crippen LogP contribution in [0.2, 0.25) is 18.1 Å². The van der Waals surface area contributed by atoms with E-state index in [1.807, 2.05) is 32.2 Å². The van der Waals surface area contributed by atoms with Crippen LogP contribution in [-0.2, 0) is 6.42 Å². The quantitative estimate of drug-likeness (QED) is 0.864. The molecule has 0 atom stereocenters. The van der Waals surface area contributed by atoms with Gasteiger partial charge >= 0.3 is 0 Å². The van der Waals surface area contributed by atoms with Crippen molar-refractivity contribution in [3.63, 3.8) is 0 Å². The molecule has 0 aromatic carbocycles. The second kappa shape index (κ2) is 4.59. The highest BCUT2D eigenvalue weighted by atomic mass is 79.9. The maximum atomic E-state index is 10.2. The van der Waals surface area contributed by atoms with Crippen molar-refractivity contribution in [1.82, 2.24) is 4.98 Å². The summed E-state index contributed by atoms with van der Waals surface area (Å²) in [4.78, 5) is 14.8. The molecule has 1 aromatic heterocycles. The SMILES string of the molecule is Cc1cc(Br)cc(CC(C)(C)[Si](C)(C)O)n1. The Hall–Kier alpha value is -0.193. The molecule has 0 bridgehead atoms. The summed E-state index contributed by atoms with van der Waals surface area (Å²) in [6.07, 6.45) is 0.822. The van der Waals surface area contributed by atoms with E-state index in [0.29, 0.717) is 0 Å². The normalized spacial score (nSPS) is 12.9. The molecule has 0 saturated heterocycles. The monoisotopic (exact) mass is 301 g/mol. The van der Waals surface area contributed by atoms with Gasteiger partial charge in [0.15, 0.2) is 8.32 Å². The van der Waals surface area contributed by atoms with Gasteiger partial charge in [-0.3, -0.25) is 4.98 Å². The van der Waals surface area contributed by atoms with Crippen LogP contribution in [0.1, 0.15) is 25.2 Å². The van der Waals surface area contributed by atoms with E-state index in [-0.39, 0.29) is 5.04 Å². The third-order valence-corrected chi connectivity index (χ3v) is 7.20. The fourth-order valence-electron chi connectivity index (χ4n) is 1.45. The predicted molar refractivity (Wildman–Crippen MR) is 74.1 cm³/mol. The summed E-state index contributed by atoms with van der Waals surface area (Å²) < 4.78 is 1.06. The average Bonchev–Trinajstić information content (AvgIpc) is 1.97. The van der Waals surface area contributed by atoms with Crippen LogP contribution in [0.3, 0.4) is 0 Å². The Morgan fingerprint density at radius 1 is 1.38 bits per heavy atom. The molecule has 0 spiro atoms. The smallest absolute Gasteiger partial charge is 0.188 e. The van der Waals surface area contributed by atoms with E-state index in [1.54, 1.807) is 0 Å². The molecule has 16 heavy (non-hydrogen) atoms. The first-order valence-corrected chi connectivity index (χ1v) is 9.21. The van der Waals surface area contributed by atoms with Gasteiger partial charge in [-0.05, 0) is 43.6 Å². The molecule has 0 amide bonds. The summed E-state index contributed by atoms with van der Waals surface area (Å²) in [7, 11) is -2.16. The van der Waals surface area contributed by atoms with Crippen LogP contribution in [0.25, 0.3) is 0 Å². The fraction of sp³-hybridized carbons (Fsp3) is 0.583. The Balaban J connectivity index is 2.96. The fourth-order valence-corrected chi connectivity index (χ4v) is 2.66. The van der Waals surface area contributed by atoms with Gasteiger partial charge in [0.25, 0.3) is 0 Å². The van der Waals surface area contributed by atoms with Crippen molar-refractivity contribution in [2.45, 2.75) is 45.3 Å². The van der Waals surface area contributed by atoms with Gasteiger partial charge in [-0.25, -0.2) is 0 Å². The van der Waals surface area contributed by atoms with Crippen molar-refractivity contribution < 1.29 is 4.80 Å². The van der Waals surface area contributed by atoms with Crippen molar-refractivity contribution in [1.29, 1.82) is 0 Å². The molecule has 0 aliphatic heterocycles. The second-order valence-corrected chi connectivity index (χ2v) is 10.9. The van der Waals surface area contributed by atoms with E-state index in [2.05, 4.69) is 34.8 Å². The molecule has 0 aliphatic carbocycles. The van der Waals surface area contributed by atoms with Gasteiger partial charge in [0.05, 0.1) is 0 Å². The highest BCUT2D eigenvalue weighted by Gasteiger charge is 2.38. The van der Waals surface area contributed by atoms with Crippen molar-refractivity contribution >= 4 is 24.2 Å². The first-order chi connectivity index (χ1) is 7.12. The van der Waals surface area contributed by atoms with Gasteiger partial charge in [-0.15, -0.1) is 0 Å². The van der Waals surface area contributed by atoms with E-state index >= 15 is 0 Å². The Labute approximate surface area is 107 Å². The van der Waals surface area contributed by atoms with Gasteiger partial charge < -0.3 is 4.80 Å². The third kappa shape index (κ3) is 3.40. The van der Waals surface area contributed by atoms with Crippen LogP contribution in [0.5, 0.6) is 0 Å². The molecule has 0 saturated carbocycles. The summed E-state index contributed by atoms with van der Waals surface area (Å²) in [5.41, 5.74) is 2.06. The highest BCUT2D eigenvalue weighted by molar-refractivity contribution is 9.10. The minimum absolute atomic E-state index is 0.0623. The molecule has 2 nitrogen and oxygen atoms in total. The van der Waals surface area contributed by atoms with Crippen molar-refractivity contribution in [3.05, 3.63) is 28.0 Å². The number of nitrogens with zero attached hydrogens (tertiary/aromatic N) is 1. The zero-order valence-corrected chi connectivity index (χ0v) is 13.2. The second-order valence-electron chi connectivity index (χ2n) is 5.54. The number of rotatable bonds is 3. The minimum Gasteiger partial charge on any atom is -0.432 e. The molecule has 1 rings (SSSR count). The predicted octanol–water partition coefficient (Wildman–Crippen LogP) is 3.67. The third-order valence-electron chi connectivity index (χ3n) is 3.25. The highest BCUT2D eigenvalue weighted by Crippen LogP contribution is 2.38. The first-order valence-electron chi connectivity index (χ1n) is 5.47. The van der Waals surface area contributed by atoms with Crippen LogP contribution >= 0.6 is 15.9 Å². The Morgan fingerprint density at radius 2 is 1.94 bits per heavy atom. The van der Waals surface area contributed by atoms with Crippen LogP contribution < -0.4 is 0 Å². The van der Waals surface area contributed by atoms with Crippen LogP contribution in [-0.4, -0.2) is 18.1 Å². The van der Waals surface area contributed by atoms with Crippen LogP contribution in [0.4, 0.5) is 0 Å². The molecule has 0 unspecified atom stereocenters. The minimum atomic E-state index is -2.16. The Kier molecular flexibility index (Phi) is 3.98. The molecule has 1 aromatic rings. The molecule has 1 N–H and O–H groups in total. The number of aromatic nitrogens is 1. The molecular weight excluding hydrogens is 282 g/mol. The molecule has 0 aliphatic rings.